The fraction of sp³-hybridized carbons (Fsp3) is 0.545. The van der Waals surface area contributed by atoms with Crippen LogP contribution in [-0.4, -0.2) is 47.0 Å². The average molecular weight is 435 g/mol. The fourth-order valence-electron chi connectivity index (χ4n) is 4.09. The Kier molecular flexibility index (Phi) is 7.02. The van der Waals surface area contributed by atoms with Gasteiger partial charge < -0.3 is 20.5 Å². The highest BCUT2D eigenvalue weighted by Gasteiger charge is 2.20. The Balaban J connectivity index is 1.48. The van der Waals surface area contributed by atoms with Gasteiger partial charge in [0, 0.05) is 49.3 Å². The number of nitrogens with zero attached hydrogens (tertiary/aromatic N) is 2. The molecule has 0 amide bonds. The van der Waals surface area contributed by atoms with E-state index in [1.807, 2.05) is 6.07 Å². The number of hydrogen-bond acceptors (Lipinski definition) is 6. The standard InChI is InChI=1S/C22H28ClFN4O2/c23-19-13-26-21(28-16-1-3-17(29)4-2-16)10-18(19)15-9-20(22(24)27-12-15)25-11-14-5-7-30-8-6-14/h9-10,12-14,16-17,25,29H,1-8,11H2,(H,26,28). The van der Waals surface area contributed by atoms with Gasteiger partial charge >= 0.3 is 0 Å². The molecule has 0 aromatic carbocycles. The minimum atomic E-state index is -0.518. The van der Waals surface area contributed by atoms with E-state index in [4.69, 9.17) is 16.3 Å². The lowest BCUT2D eigenvalue weighted by Gasteiger charge is -2.26. The van der Waals surface area contributed by atoms with E-state index in [1.165, 1.54) is 6.20 Å². The van der Waals surface area contributed by atoms with Crippen LogP contribution in [0.4, 0.5) is 15.9 Å². The zero-order valence-electron chi connectivity index (χ0n) is 16.9. The van der Waals surface area contributed by atoms with Gasteiger partial charge in [0.15, 0.2) is 0 Å². The maximum Gasteiger partial charge on any atom is 0.236 e. The van der Waals surface area contributed by atoms with Gasteiger partial charge in [-0.2, -0.15) is 4.39 Å². The lowest BCUT2D eigenvalue weighted by Crippen LogP contribution is -2.28. The maximum absolute atomic E-state index is 14.3. The Morgan fingerprint density at radius 3 is 2.60 bits per heavy atom. The molecule has 2 aliphatic rings. The van der Waals surface area contributed by atoms with Gasteiger partial charge in [-0.25, -0.2) is 9.97 Å². The minimum Gasteiger partial charge on any atom is -0.393 e. The molecule has 4 rings (SSSR count). The lowest BCUT2D eigenvalue weighted by molar-refractivity contribution is 0.0699. The van der Waals surface area contributed by atoms with Crippen molar-refractivity contribution in [3.8, 4) is 11.1 Å². The molecule has 30 heavy (non-hydrogen) atoms. The Labute approximate surface area is 181 Å². The number of rotatable bonds is 6. The SMILES string of the molecule is OC1CCC(Nc2cc(-c3cnc(F)c(NCC4CCOCC4)c3)c(Cl)cn2)CC1. The van der Waals surface area contributed by atoms with E-state index in [0.29, 0.717) is 23.2 Å². The van der Waals surface area contributed by atoms with Crippen LogP contribution in [0.5, 0.6) is 0 Å². The summed E-state index contributed by atoms with van der Waals surface area (Å²) in [6, 6.07) is 3.91. The Bertz CT molecular complexity index is 855. The number of ether oxygens (including phenoxy) is 1. The van der Waals surface area contributed by atoms with Crippen molar-refractivity contribution < 1.29 is 14.2 Å². The summed E-state index contributed by atoms with van der Waals surface area (Å²) in [5.41, 5.74) is 1.87. The molecule has 162 valence electrons. The summed E-state index contributed by atoms with van der Waals surface area (Å²) in [6.45, 7) is 2.21. The van der Waals surface area contributed by atoms with Gasteiger partial charge in [-0.05, 0) is 56.6 Å². The largest absolute Gasteiger partial charge is 0.393 e. The highest BCUT2D eigenvalue weighted by atomic mass is 35.5. The number of nitrogens with one attached hydrogen (secondary N) is 2. The molecule has 6 nitrogen and oxygen atoms in total. The number of aliphatic hydroxyl groups is 1. The Hall–Kier alpha value is -1.96. The van der Waals surface area contributed by atoms with Crippen molar-refractivity contribution in [2.75, 3.05) is 30.4 Å². The van der Waals surface area contributed by atoms with Gasteiger partial charge in [0.1, 0.15) is 5.82 Å². The first-order valence-electron chi connectivity index (χ1n) is 10.7. The van der Waals surface area contributed by atoms with Crippen LogP contribution in [-0.2, 0) is 4.74 Å². The number of pyridine rings is 2. The highest BCUT2D eigenvalue weighted by molar-refractivity contribution is 6.33. The van der Waals surface area contributed by atoms with Crippen molar-refractivity contribution in [3.63, 3.8) is 0 Å². The van der Waals surface area contributed by atoms with Crippen LogP contribution < -0.4 is 10.6 Å². The highest BCUT2D eigenvalue weighted by Crippen LogP contribution is 2.32. The monoisotopic (exact) mass is 434 g/mol. The van der Waals surface area contributed by atoms with Crippen LogP contribution >= 0.6 is 11.6 Å². The van der Waals surface area contributed by atoms with Crippen LogP contribution in [0.2, 0.25) is 5.02 Å². The zero-order valence-corrected chi connectivity index (χ0v) is 17.7. The molecule has 1 saturated carbocycles. The summed E-state index contributed by atoms with van der Waals surface area (Å²) in [5.74, 6) is 0.670. The summed E-state index contributed by atoms with van der Waals surface area (Å²) < 4.78 is 19.7. The number of aliphatic hydroxyl groups excluding tert-OH is 1. The van der Waals surface area contributed by atoms with Gasteiger partial charge in [-0.3, -0.25) is 0 Å². The second-order valence-electron chi connectivity index (χ2n) is 8.20. The normalized spacial score (nSPS) is 22.6. The number of hydrogen-bond donors (Lipinski definition) is 3. The fourth-order valence-corrected chi connectivity index (χ4v) is 4.30. The summed E-state index contributed by atoms with van der Waals surface area (Å²) in [6.07, 6.45) is 8.25. The molecule has 3 heterocycles. The predicted molar refractivity (Wildman–Crippen MR) is 116 cm³/mol. The third-order valence-corrected chi connectivity index (χ3v) is 6.28. The molecule has 0 bridgehead atoms. The van der Waals surface area contributed by atoms with Crippen LogP contribution in [0.15, 0.2) is 24.5 Å². The second kappa shape index (κ2) is 9.90. The van der Waals surface area contributed by atoms with Crippen molar-refractivity contribution in [1.82, 2.24) is 9.97 Å². The summed E-state index contributed by atoms with van der Waals surface area (Å²) in [4.78, 5) is 8.32. The van der Waals surface area contributed by atoms with Gasteiger partial charge in [0.2, 0.25) is 5.95 Å². The molecule has 0 atom stereocenters. The van der Waals surface area contributed by atoms with Crippen molar-refractivity contribution >= 4 is 23.1 Å². The van der Waals surface area contributed by atoms with Crippen molar-refractivity contribution in [3.05, 3.63) is 35.5 Å². The summed E-state index contributed by atoms with van der Waals surface area (Å²) in [7, 11) is 0. The average Bonchev–Trinajstić information content (AvgIpc) is 2.77. The second-order valence-corrected chi connectivity index (χ2v) is 8.61. The van der Waals surface area contributed by atoms with Gasteiger partial charge in [-0.1, -0.05) is 11.6 Å². The van der Waals surface area contributed by atoms with Crippen molar-refractivity contribution in [2.24, 2.45) is 5.92 Å². The first-order valence-corrected chi connectivity index (χ1v) is 11.0. The van der Waals surface area contributed by atoms with E-state index in [0.717, 1.165) is 68.7 Å². The molecule has 1 aliphatic heterocycles. The third-order valence-electron chi connectivity index (χ3n) is 5.98. The number of halogens is 2. The lowest BCUT2D eigenvalue weighted by atomic mass is 9.93. The number of anilines is 2. The third kappa shape index (κ3) is 5.39. The van der Waals surface area contributed by atoms with E-state index < -0.39 is 5.95 Å². The Morgan fingerprint density at radius 2 is 1.83 bits per heavy atom. The van der Waals surface area contributed by atoms with Crippen molar-refractivity contribution in [2.45, 2.75) is 50.7 Å². The molecular weight excluding hydrogens is 407 g/mol. The molecule has 0 unspecified atom stereocenters. The molecule has 2 aromatic rings. The first-order chi connectivity index (χ1) is 14.6. The zero-order chi connectivity index (χ0) is 20.9. The molecule has 1 saturated heterocycles. The van der Waals surface area contributed by atoms with Crippen LogP contribution in [0.1, 0.15) is 38.5 Å². The number of aromatic nitrogens is 2. The minimum absolute atomic E-state index is 0.200. The molecule has 0 spiro atoms. The van der Waals surface area contributed by atoms with E-state index in [9.17, 15) is 9.50 Å². The van der Waals surface area contributed by atoms with Gasteiger partial charge in [0.25, 0.3) is 0 Å². The van der Waals surface area contributed by atoms with Crippen LogP contribution in [0.25, 0.3) is 11.1 Å². The molecule has 2 aromatic heterocycles. The van der Waals surface area contributed by atoms with Crippen molar-refractivity contribution in [1.29, 1.82) is 0 Å². The van der Waals surface area contributed by atoms with Crippen LogP contribution in [0, 0.1) is 11.9 Å². The molecule has 1 aliphatic carbocycles. The predicted octanol–water partition coefficient (Wildman–Crippen LogP) is 4.49. The van der Waals surface area contributed by atoms with E-state index in [2.05, 4.69) is 20.6 Å². The maximum atomic E-state index is 14.3. The smallest absolute Gasteiger partial charge is 0.236 e. The molecular formula is C22H28ClFN4O2. The topological polar surface area (TPSA) is 79.3 Å². The van der Waals surface area contributed by atoms with Gasteiger partial charge in [0.05, 0.1) is 16.8 Å². The van der Waals surface area contributed by atoms with E-state index in [-0.39, 0.29) is 12.1 Å². The first kappa shape index (κ1) is 21.3. The molecule has 3 N–H and O–H groups in total. The van der Waals surface area contributed by atoms with Gasteiger partial charge in [-0.15, -0.1) is 0 Å². The van der Waals surface area contributed by atoms with Crippen LogP contribution in [0.3, 0.4) is 0 Å². The quantitative estimate of drug-likeness (QED) is 0.581. The molecule has 8 heteroatoms. The Morgan fingerprint density at radius 1 is 1.07 bits per heavy atom. The molecule has 0 radical (unpaired) electrons. The summed E-state index contributed by atoms with van der Waals surface area (Å²) in [5, 5.41) is 16.8. The molecule has 2 fully saturated rings. The van der Waals surface area contributed by atoms with E-state index in [1.54, 1.807) is 12.3 Å². The summed E-state index contributed by atoms with van der Waals surface area (Å²) >= 11 is 6.40. The van der Waals surface area contributed by atoms with E-state index >= 15 is 0 Å².